The van der Waals surface area contributed by atoms with E-state index in [1.54, 1.807) is 12.1 Å². The van der Waals surface area contributed by atoms with Gasteiger partial charge in [-0.3, -0.25) is 0 Å². The Labute approximate surface area is 181 Å². The SMILES string of the molecule is NC1CCC(Nc2nc(NCc3ccc(F)cc3)c3ncn(C4CCCC4)c3n2)CC1. The summed E-state index contributed by atoms with van der Waals surface area (Å²) in [5.41, 5.74) is 8.71. The van der Waals surface area contributed by atoms with E-state index in [1.807, 2.05) is 6.33 Å². The Morgan fingerprint density at radius 3 is 2.48 bits per heavy atom. The molecule has 0 unspecified atom stereocenters. The molecule has 8 heteroatoms. The number of imidazole rings is 1. The lowest BCUT2D eigenvalue weighted by atomic mass is 9.92. The first-order chi connectivity index (χ1) is 15.2. The van der Waals surface area contributed by atoms with Crippen LogP contribution in [-0.2, 0) is 6.54 Å². The molecule has 0 aliphatic heterocycles. The van der Waals surface area contributed by atoms with Gasteiger partial charge in [-0.1, -0.05) is 25.0 Å². The van der Waals surface area contributed by atoms with Gasteiger partial charge in [-0.05, 0) is 56.2 Å². The highest BCUT2D eigenvalue weighted by molar-refractivity contribution is 5.84. The summed E-state index contributed by atoms with van der Waals surface area (Å²) in [4.78, 5) is 14.3. The first-order valence-corrected chi connectivity index (χ1v) is 11.4. The van der Waals surface area contributed by atoms with E-state index in [4.69, 9.17) is 15.7 Å². The zero-order valence-corrected chi connectivity index (χ0v) is 17.7. The van der Waals surface area contributed by atoms with Crippen LogP contribution < -0.4 is 16.4 Å². The van der Waals surface area contributed by atoms with Crippen LogP contribution in [0.25, 0.3) is 11.2 Å². The number of nitrogens with two attached hydrogens (primary N) is 1. The summed E-state index contributed by atoms with van der Waals surface area (Å²) < 4.78 is 15.5. The number of hydrogen-bond donors (Lipinski definition) is 3. The minimum absolute atomic E-state index is 0.234. The first kappa shape index (κ1) is 20.2. The molecule has 2 aromatic heterocycles. The Hall–Kier alpha value is -2.74. The molecule has 0 radical (unpaired) electrons. The van der Waals surface area contributed by atoms with E-state index in [0.717, 1.165) is 55.3 Å². The van der Waals surface area contributed by atoms with Crippen LogP contribution in [0, 0.1) is 5.82 Å². The second kappa shape index (κ2) is 8.78. The molecule has 5 rings (SSSR count). The van der Waals surface area contributed by atoms with E-state index >= 15 is 0 Å². The lowest BCUT2D eigenvalue weighted by Crippen LogP contribution is -2.33. The Morgan fingerprint density at radius 1 is 1.00 bits per heavy atom. The summed E-state index contributed by atoms with van der Waals surface area (Å²) in [6, 6.07) is 7.60. The molecule has 7 nitrogen and oxygen atoms in total. The Bertz CT molecular complexity index is 1020. The molecule has 4 N–H and O–H groups in total. The van der Waals surface area contributed by atoms with Gasteiger partial charge in [-0.15, -0.1) is 0 Å². The maximum absolute atomic E-state index is 13.2. The van der Waals surface area contributed by atoms with Gasteiger partial charge >= 0.3 is 0 Å². The van der Waals surface area contributed by atoms with Crippen molar-refractivity contribution in [1.29, 1.82) is 0 Å². The second-order valence-corrected chi connectivity index (χ2v) is 8.89. The van der Waals surface area contributed by atoms with Crippen molar-refractivity contribution in [3.05, 3.63) is 42.0 Å². The number of nitrogens with zero attached hydrogens (tertiary/aromatic N) is 4. The number of halogens is 1. The van der Waals surface area contributed by atoms with Gasteiger partial charge in [0.15, 0.2) is 17.0 Å². The monoisotopic (exact) mass is 423 g/mol. The van der Waals surface area contributed by atoms with Gasteiger partial charge < -0.3 is 20.9 Å². The first-order valence-electron chi connectivity index (χ1n) is 11.4. The van der Waals surface area contributed by atoms with E-state index in [1.165, 1.54) is 25.0 Å². The summed E-state index contributed by atoms with van der Waals surface area (Å²) in [5.74, 6) is 1.11. The Kier molecular flexibility index (Phi) is 5.72. The predicted octanol–water partition coefficient (Wildman–Crippen LogP) is 4.37. The molecule has 2 aliphatic rings. The fourth-order valence-corrected chi connectivity index (χ4v) is 4.79. The molecule has 2 saturated carbocycles. The number of fused-ring (bicyclic) bond motifs is 1. The smallest absolute Gasteiger partial charge is 0.227 e. The van der Waals surface area contributed by atoms with E-state index in [-0.39, 0.29) is 5.82 Å². The average molecular weight is 424 g/mol. The number of benzene rings is 1. The van der Waals surface area contributed by atoms with E-state index in [0.29, 0.717) is 36.4 Å². The summed E-state index contributed by atoms with van der Waals surface area (Å²) in [7, 11) is 0. The molecular formula is C23H30FN7. The van der Waals surface area contributed by atoms with Gasteiger partial charge in [0.2, 0.25) is 5.95 Å². The van der Waals surface area contributed by atoms with Crippen LogP contribution in [-0.4, -0.2) is 31.6 Å². The molecule has 0 bridgehead atoms. The standard InChI is InChI=1S/C23H30FN7/c24-16-7-5-15(6-8-16)13-26-21-20-22(31(14-27-20)19-3-1-2-4-19)30-23(29-21)28-18-11-9-17(25)10-12-18/h5-8,14,17-19H,1-4,9-13,25H2,(H2,26,28,29,30). The third kappa shape index (κ3) is 4.49. The van der Waals surface area contributed by atoms with Crippen molar-refractivity contribution in [3.63, 3.8) is 0 Å². The zero-order valence-electron chi connectivity index (χ0n) is 17.7. The molecule has 0 saturated heterocycles. The molecule has 0 spiro atoms. The molecule has 1 aromatic carbocycles. The predicted molar refractivity (Wildman–Crippen MR) is 120 cm³/mol. The zero-order chi connectivity index (χ0) is 21.2. The number of rotatable bonds is 6. The van der Waals surface area contributed by atoms with Crippen molar-refractivity contribution in [3.8, 4) is 0 Å². The minimum Gasteiger partial charge on any atom is -0.364 e. The van der Waals surface area contributed by atoms with Crippen molar-refractivity contribution in [1.82, 2.24) is 19.5 Å². The van der Waals surface area contributed by atoms with E-state index in [2.05, 4.69) is 20.2 Å². The fraction of sp³-hybridized carbons (Fsp3) is 0.522. The quantitative estimate of drug-likeness (QED) is 0.545. The topological polar surface area (TPSA) is 93.7 Å². The van der Waals surface area contributed by atoms with Crippen molar-refractivity contribution in [2.24, 2.45) is 5.73 Å². The van der Waals surface area contributed by atoms with Crippen molar-refractivity contribution in [2.45, 2.75) is 76.0 Å². The maximum Gasteiger partial charge on any atom is 0.227 e. The van der Waals surface area contributed by atoms with Crippen LogP contribution in [0.2, 0.25) is 0 Å². The van der Waals surface area contributed by atoms with E-state index in [9.17, 15) is 4.39 Å². The van der Waals surface area contributed by atoms with Gasteiger partial charge in [-0.2, -0.15) is 9.97 Å². The van der Waals surface area contributed by atoms with Crippen LogP contribution in [0.4, 0.5) is 16.2 Å². The van der Waals surface area contributed by atoms with Gasteiger partial charge in [0.05, 0.1) is 6.33 Å². The average Bonchev–Trinajstić information content (AvgIpc) is 3.44. The molecule has 2 fully saturated rings. The minimum atomic E-state index is -0.234. The maximum atomic E-state index is 13.2. The number of nitrogens with one attached hydrogen (secondary N) is 2. The summed E-state index contributed by atoms with van der Waals surface area (Å²) >= 11 is 0. The van der Waals surface area contributed by atoms with Crippen LogP contribution in [0.15, 0.2) is 30.6 Å². The van der Waals surface area contributed by atoms with Gasteiger partial charge in [0.25, 0.3) is 0 Å². The molecule has 2 aliphatic carbocycles. The van der Waals surface area contributed by atoms with Crippen LogP contribution in [0.3, 0.4) is 0 Å². The molecular weight excluding hydrogens is 393 g/mol. The highest BCUT2D eigenvalue weighted by Gasteiger charge is 2.23. The van der Waals surface area contributed by atoms with Gasteiger partial charge in [0, 0.05) is 24.7 Å². The largest absolute Gasteiger partial charge is 0.364 e. The highest BCUT2D eigenvalue weighted by atomic mass is 19.1. The summed E-state index contributed by atoms with van der Waals surface area (Å²) in [6.45, 7) is 0.542. The third-order valence-electron chi connectivity index (χ3n) is 6.62. The van der Waals surface area contributed by atoms with Crippen LogP contribution in [0.1, 0.15) is 63.0 Å². The molecule has 2 heterocycles. The number of aromatic nitrogens is 4. The molecule has 0 atom stereocenters. The fourth-order valence-electron chi connectivity index (χ4n) is 4.79. The number of hydrogen-bond acceptors (Lipinski definition) is 6. The van der Waals surface area contributed by atoms with Crippen molar-refractivity contribution in [2.75, 3.05) is 10.6 Å². The highest BCUT2D eigenvalue weighted by Crippen LogP contribution is 2.33. The molecule has 164 valence electrons. The molecule has 31 heavy (non-hydrogen) atoms. The van der Waals surface area contributed by atoms with Crippen LogP contribution >= 0.6 is 0 Å². The summed E-state index contributed by atoms with van der Waals surface area (Å²) in [5, 5.41) is 6.94. The lowest BCUT2D eigenvalue weighted by molar-refractivity contribution is 0.410. The molecule has 3 aromatic rings. The molecule has 0 amide bonds. The second-order valence-electron chi connectivity index (χ2n) is 8.89. The van der Waals surface area contributed by atoms with Crippen LogP contribution in [0.5, 0.6) is 0 Å². The number of anilines is 2. The van der Waals surface area contributed by atoms with Gasteiger partial charge in [0.1, 0.15) is 5.82 Å². The normalized spacial score (nSPS) is 22.1. The third-order valence-corrected chi connectivity index (χ3v) is 6.62. The lowest BCUT2D eigenvalue weighted by Gasteiger charge is -2.27. The van der Waals surface area contributed by atoms with Crippen molar-refractivity contribution >= 4 is 22.9 Å². The van der Waals surface area contributed by atoms with Crippen molar-refractivity contribution < 1.29 is 4.39 Å². The van der Waals surface area contributed by atoms with E-state index < -0.39 is 0 Å². The van der Waals surface area contributed by atoms with Gasteiger partial charge in [-0.25, -0.2) is 9.37 Å². The summed E-state index contributed by atoms with van der Waals surface area (Å²) in [6.07, 6.45) is 10.8. The Balaban J connectivity index is 1.44. The Morgan fingerprint density at radius 2 is 1.74 bits per heavy atom.